The van der Waals surface area contributed by atoms with Gasteiger partial charge in [-0.05, 0) is 35.9 Å². The van der Waals surface area contributed by atoms with Crippen LogP contribution in [0.4, 0.5) is 4.39 Å². The van der Waals surface area contributed by atoms with Crippen molar-refractivity contribution in [1.29, 1.82) is 0 Å². The van der Waals surface area contributed by atoms with Crippen LogP contribution in [-0.4, -0.2) is 10.1 Å². The van der Waals surface area contributed by atoms with Gasteiger partial charge in [-0.15, -0.1) is 0 Å². The van der Waals surface area contributed by atoms with E-state index in [1.54, 1.807) is 24.3 Å². The number of benzene rings is 3. The van der Waals surface area contributed by atoms with Crippen LogP contribution in [0.25, 0.3) is 32.9 Å². The lowest BCUT2D eigenvalue weighted by molar-refractivity contribution is 0.476. The summed E-state index contributed by atoms with van der Waals surface area (Å²) in [6.07, 6.45) is 0. The molecule has 102 valence electrons. The van der Waals surface area contributed by atoms with Crippen LogP contribution < -0.4 is 0 Å². The van der Waals surface area contributed by atoms with E-state index in [2.05, 4.69) is 4.98 Å². The number of nitrogens with one attached hydrogen (secondary N) is 1. The number of para-hydroxylation sites is 1. The Morgan fingerprint density at radius 1 is 0.857 bits per heavy atom. The van der Waals surface area contributed by atoms with Gasteiger partial charge in [0.25, 0.3) is 0 Å². The zero-order valence-electron chi connectivity index (χ0n) is 11.1. The van der Waals surface area contributed by atoms with E-state index in [4.69, 9.17) is 0 Å². The van der Waals surface area contributed by atoms with Gasteiger partial charge in [0, 0.05) is 21.9 Å². The number of phenols is 1. The zero-order chi connectivity index (χ0) is 14.4. The Morgan fingerprint density at radius 2 is 1.62 bits per heavy atom. The van der Waals surface area contributed by atoms with Crippen molar-refractivity contribution in [2.75, 3.05) is 0 Å². The van der Waals surface area contributed by atoms with Crippen molar-refractivity contribution in [2.45, 2.75) is 0 Å². The number of aromatic amines is 1. The fourth-order valence-electron chi connectivity index (χ4n) is 2.79. The molecule has 0 amide bonds. The lowest BCUT2D eigenvalue weighted by atomic mass is 10.0. The monoisotopic (exact) mass is 277 g/mol. The first-order valence-corrected chi connectivity index (χ1v) is 6.72. The highest BCUT2D eigenvalue weighted by molar-refractivity contribution is 6.12. The Labute approximate surface area is 120 Å². The van der Waals surface area contributed by atoms with Crippen molar-refractivity contribution in [3.63, 3.8) is 0 Å². The Hall–Kier alpha value is -2.81. The smallest absolute Gasteiger partial charge is 0.123 e. The van der Waals surface area contributed by atoms with E-state index in [9.17, 15) is 9.50 Å². The minimum Gasteiger partial charge on any atom is -0.508 e. The molecule has 0 aliphatic heterocycles. The molecule has 1 aromatic heterocycles. The number of aromatic hydroxyl groups is 1. The summed E-state index contributed by atoms with van der Waals surface area (Å²) in [6, 6.07) is 17.7. The first-order valence-electron chi connectivity index (χ1n) is 6.72. The van der Waals surface area contributed by atoms with Gasteiger partial charge in [0.05, 0.1) is 5.52 Å². The molecule has 2 N–H and O–H groups in total. The lowest BCUT2D eigenvalue weighted by Gasteiger charge is -2.05. The molecular weight excluding hydrogens is 265 g/mol. The molecule has 0 unspecified atom stereocenters. The number of fused-ring (bicyclic) bond motifs is 3. The predicted octanol–water partition coefficient (Wildman–Crippen LogP) is 4.83. The first-order chi connectivity index (χ1) is 10.2. The fraction of sp³-hybridized carbons (Fsp3) is 0. The van der Waals surface area contributed by atoms with Crippen LogP contribution in [0.2, 0.25) is 0 Å². The average Bonchev–Trinajstić information content (AvgIpc) is 2.86. The summed E-state index contributed by atoms with van der Waals surface area (Å²) in [5, 5.41) is 12.0. The van der Waals surface area contributed by atoms with Crippen molar-refractivity contribution in [3.8, 4) is 16.9 Å². The molecule has 2 nitrogen and oxygen atoms in total. The minimum atomic E-state index is -0.271. The number of halogens is 1. The highest BCUT2D eigenvalue weighted by Gasteiger charge is 2.11. The maximum atomic E-state index is 13.1. The second-order valence-electron chi connectivity index (χ2n) is 5.09. The van der Waals surface area contributed by atoms with Gasteiger partial charge in [0.15, 0.2) is 0 Å². The van der Waals surface area contributed by atoms with Gasteiger partial charge in [0.1, 0.15) is 11.6 Å². The summed E-state index contributed by atoms with van der Waals surface area (Å²) in [5.74, 6) is -0.0710. The molecule has 0 aliphatic carbocycles. The van der Waals surface area contributed by atoms with Crippen LogP contribution in [0, 0.1) is 5.82 Å². The van der Waals surface area contributed by atoms with Crippen molar-refractivity contribution in [2.24, 2.45) is 0 Å². The normalized spacial score (nSPS) is 11.3. The molecule has 0 saturated carbocycles. The second kappa shape index (κ2) is 4.35. The van der Waals surface area contributed by atoms with Gasteiger partial charge in [-0.1, -0.05) is 30.3 Å². The SMILES string of the molecule is Oc1cc(-c2ccc(F)cc2)c2[nH]c3ccccc3c2c1. The number of hydrogen-bond acceptors (Lipinski definition) is 1. The summed E-state index contributed by atoms with van der Waals surface area (Å²) >= 11 is 0. The van der Waals surface area contributed by atoms with Crippen molar-refractivity contribution < 1.29 is 9.50 Å². The van der Waals surface area contributed by atoms with Gasteiger partial charge in [-0.2, -0.15) is 0 Å². The summed E-state index contributed by atoms with van der Waals surface area (Å²) < 4.78 is 13.1. The summed E-state index contributed by atoms with van der Waals surface area (Å²) in [5.41, 5.74) is 3.69. The third kappa shape index (κ3) is 1.86. The fourth-order valence-corrected chi connectivity index (χ4v) is 2.79. The lowest BCUT2D eigenvalue weighted by Crippen LogP contribution is -1.82. The molecule has 3 heteroatoms. The molecule has 1 heterocycles. The Bertz CT molecular complexity index is 954. The quantitative estimate of drug-likeness (QED) is 0.513. The van der Waals surface area contributed by atoms with Gasteiger partial charge < -0.3 is 10.1 Å². The molecule has 4 aromatic rings. The standard InChI is InChI=1S/C18H12FNO/c19-12-7-5-11(6-8-12)15-9-13(21)10-16-14-3-1-2-4-17(14)20-18(15)16/h1-10,20-21H. The van der Waals surface area contributed by atoms with E-state index in [1.807, 2.05) is 24.3 Å². The van der Waals surface area contributed by atoms with Crippen molar-refractivity contribution >= 4 is 21.8 Å². The Morgan fingerprint density at radius 3 is 2.43 bits per heavy atom. The Balaban J connectivity index is 2.10. The number of hydrogen-bond donors (Lipinski definition) is 2. The maximum Gasteiger partial charge on any atom is 0.123 e. The first kappa shape index (κ1) is 12.0. The third-order valence-electron chi connectivity index (χ3n) is 3.76. The maximum absolute atomic E-state index is 13.1. The second-order valence-corrected chi connectivity index (χ2v) is 5.09. The molecular formula is C18H12FNO. The van der Waals surface area contributed by atoms with E-state index in [1.165, 1.54) is 12.1 Å². The summed E-state index contributed by atoms with van der Waals surface area (Å²) in [4.78, 5) is 3.38. The third-order valence-corrected chi connectivity index (χ3v) is 3.76. The molecule has 0 bridgehead atoms. The van der Waals surface area contributed by atoms with E-state index >= 15 is 0 Å². The molecule has 0 spiro atoms. The molecule has 0 fully saturated rings. The van der Waals surface area contributed by atoms with Crippen LogP contribution in [0.5, 0.6) is 5.75 Å². The zero-order valence-corrected chi connectivity index (χ0v) is 11.1. The molecule has 0 radical (unpaired) electrons. The number of aromatic nitrogens is 1. The molecule has 21 heavy (non-hydrogen) atoms. The topological polar surface area (TPSA) is 36.0 Å². The molecule has 0 saturated heterocycles. The van der Waals surface area contributed by atoms with Crippen LogP contribution in [0.1, 0.15) is 0 Å². The molecule has 0 atom stereocenters. The largest absolute Gasteiger partial charge is 0.508 e. The van der Waals surface area contributed by atoms with Crippen LogP contribution in [-0.2, 0) is 0 Å². The highest BCUT2D eigenvalue weighted by Crippen LogP contribution is 2.36. The van der Waals surface area contributed by atoms with E-state index in [0.717, 1.165) is 32.9 Å². The van der Waals surface area contributed by atoms with E-state index in [-0.39, 0.29) is 11.6 Å². The van der Waals surface area contributed by atoms with Gasteiger partial charge >= 0.3 is 0 Å². The van der Waals surface area contributed by atoms with Crippen LogP contribution >= 0.6 is 0 Å². The van der Waals surface area contributed by atoms with Crippen LogP contribution in [0.15, 0.2) is 60.7 Å². The summed E-state index contributed by atoms with van der Waals surface area (Å²) in [6.45, 7) is 0. The minimum absolute atomic E-state index is 0.201. The predicted molar refractivity (Wildman–Crippen MR) is 82.9 cm³/mol. The number of phenolic OH excluding ortho intramolecular Hbond substituents is 1. The molecule has 0 aliphatic rings. The van der Waals surface area contributed by atoms with Gasteiger partial charge in [-0.25, -0.2) is 4.39 Å². The number of rotatable bonds is 1. The summed E-state index contributed by atoms with van der Waals surface area (Å²) in [7, 11) is 0. The van der Waals surface area contributed by atoms with E-state index < -0.39 is 0 Å². The highest BCUT2D eigenvalue weighted by atomic mass is 19.1. The average molecular weight is 277 g/mol. The Kier molecular flexibility index (Phi) is 2.48. The van der Waals surface area contributed by atoms with Gasteiger partial charge in [0.2, 0.25) is 0 Å². The molecule has 4 rings (SSSR count). The van der Waals surface area contributed by atoms with Crippen molar-refractivity contribution in [3.05, 3.63) is 66.5 Å². The number of H-pyrrole nitrogens is 1. The van der Waals surface area contributed by atoms with Gasteiger partial charge in [-0.3, -0.25) is 0 Å². The van der Waals surface area contributed by atoms with Crippen molar-refractivity contribution in [1.82, 2.24) is 4.98 Å². The molecule has 3 aromatic carbocycles. The van der Waals surface area contributed by atoms with E-state index in [0.29, 0.717) is 0 Å². The van der Waals surface area contributed by atoms with Crippen LogP contribution in [0.3, 0.4) is 0 Å².